The highest BCUT2D eigenvalue weighted by Gasteiger charge is 2.26. The largest absolute Gasteiger partial charge is 0.480 e. The van der Waals surface area contributed by atoms with Gasteiger partial charge >= 0.3 is 5.97 Å². The number of benzene rings is 2. The number of carboxylic acids is 1. The van der Waals surface area contributed by atoms with Crippen LogP contribution in [0.15, 0.2) is 59.9 Å². The third-order valence-electron chi connectivity index (χ3n) is 5.00. The Hall–Kier alpha value is -2.08. The molecule has 3 N–H and O–H groups in total. The summed E-state index contributed by atoms with van der Waals surface area (Å²) >= 11 is 11.2. The number of fused-ring (bicyclic) bond motifs is 1. The Morgan fingerprint density at radius 1 is 1.14 bits per heavy atom. The van der Waals surface area contributed by atoms with Crippen LogP contribution in [0.4, 0.5) is 5.69 Å². The molecule has 0 radical (unpaired) electrons. The fourth-order valence-corrected chi connectivity index (χ4v) is 6.42. The molecule has 0 saturated heterocycles. The number of pyridine rings is 1. The summed E-state index contributed by atoms with van der Waals surface area (Å²) in [6.07, 6.45) is 2.79. The Morgan fingerprint density at radius 2 is 1.92 bits per heavy atom. The van der Waals surface area contributed by atoms with Gasteiger partial charge in [-0.15, -0.1) is 0 Å². The molecule has 2 aromatic carbocycles. The number of aromatic nitrogens is 2. The molecule has 9 nitrogen and oxygen atoms in total. The van der Waals surface area contributed by atoms with Gasteiger partial charge in [-0.2, -0.15) is 12.8 Å². The zero-order valence-electron chi connectivity index (χ0n) is 17.9. The quantitative estimate of drug-likeness (QED) is 0.220. The van der Waals surface area contributed by atoms with E-state index in [0.717, 1.165) is 15.1 Å². The number of rotatable bonds is 8. The minimum Gasteiger partial charge on any atom is -0.480 e. The number of hydrogen-bond donors (Lipinski definition) is 3. The number of halogens is 3. The number of aliphatic carboxylic acids is 1. The molecule has 14 heteroatoms. The standard InChI is InChI=1S/C22H15ClI2N4O5S2/c23-15-4-1-11(7-16(15)25)8-18(22(31)32)28-20(30)13-3-2-12(24)9-17(13)29-36(33,34)21-14-10-27-35-19(14)5-6-26-21/h1-7,9-10,18,29H,8H2,(H,28,30)(H,31,32). The average molecular weight is 769 g/mol. The molecule has 0 aliphatic carbocycles. The molecular formula is C22H15ClI2N4O5S2. The van der Waals surface area contributed by atoms with Crippen molar-refractivity contribution in [1.82, 2.24) is 14.7 Å². The van der Waals surface area contributed by atoms with Crippen molar-refractivity contribution in [1.29, 1.82) is 0 Å². The number of anilines is 1. The van der Waals surface area contributed by atoms with Crippen molar-refractivity contribution < 1.29 is 23.1 Å². The van der Waals surface area contributed by atoms with E-state index in [9.17, 15) is 23.1 Å². The molecule has 0 saturated carbocycles. The molecule has 0 bridgehead atoms. The van der Waals surface area contributed by atoms with E-state index < -0.39 is 27.9 Å². The van der Waals surface area contributed by atoms with Crippen molar-refractivity contribution in [3.05, 3.63) is 78.1 Å². The smallest absolute Gasteiger partial charge is 0.326 e. The van der Waals surface area contributed by atoms with E-state index >= 15 is 0 Å². The maximum absolute atomic E-state index is 13.2. The number of amides is 1. The zero-order chi connectivity index (χ0) is 26.0. The second kappa shape index (κ2) is 11.1. The van der Waals surface area contributed by atoms with Gasteiger partial charge in [-0.1, -0.05) is 17.7 Å². The maximum atomic E-state index is 13.2. The summed E-state index contributed by atoms with van der Waals surface area (Å²) < 4.78 is 34.9. The Labute approximate surface area is 242 Å². The average Bonchev–Trinajstić information content (AvgIpc) is 3.29. The van der Waals surface area contributed by atoms with Gasteiger partial charge in [0, 0.05) is 19.8 Å². The SMILES string of the molecule is O=C(NC(Cc1ccc(Cl)c(I)c1)C(=O)O)c1ccc(I)cc1NS(=O)(=O)c1nccc2sncc12. The summed E-state index contributed by atoms with van der Waals surface area (Å²) in [7, 11) is -4.19. The Morgan fingerprint density at radius 3 is 2.64 bits per heavy atom. The van der Waals surface area contributed by atoms with Crippen LogP contribution >= 0.6 is 68.3 Å². The van der Waals surface area contributed by atoms with E-state index in [1.165, 1.54) is 24.5 Å². The molecule has 36 heavy (non-hydrogen) atoms. The van der Waals surface area contributed by atoms with Gasteiger partial charge in [-0.3, -0.25) is 9.52 Å². The molecule has 1 atom stereocenters. The summed E-state index contributed by atoms with van der Waals surface area (Å²) in [5, 5.41) is 12.9. The predicted molar refractivity (Wildman–Crippen MR) is 154 cm³/mol. The molecule has 0 aliphatic rings. The minimum absolute atomic E-state index is 0.00780. The van der Waals surface area contributed by atoms with Crippen molar-refractivity contribution >= 4 is 106 Å². The van der Waals surface area contributed by atoms with Crippen LogP contribution in [-0.2, 0) is 21.2 Å². The molecule has 186 valence electrons. The van der Waals surface area contributed by atoms with E-state index in [1.807, 2.05) is 45.2 Å². The van der Waals surface area contributed by atoms with Gasteiger partial charge < -0.3 is 10.4 Å². The lowest BCUT2D eigenvalue weighted by atomic mass is 10.1. The topological polar surface area (TPSA) is 138 Å². The second-order valence-electron chi connectivity index (χ2n) is 7.47. The number of carbonyl (C=O) groups excluding carboxylic acids is 1. The summed E-state index contributed by atoms with van der Waals surface area (Å²) in [5.74, 6) is -1.98. The first-order chi connectivity index (χ1) is 17.0. The van der Waals surface area contributed by atoms with Gasteiger partial charge in [-0.05, 0) is 98.7 Å². The van der Waals surface area contributed by atoms with Gasteiger partial charge in [0.25, 0.3) is 15.9 Å². The van der Waals surface area contributed by atoms with Crippen LogP contribution < -0.4 is 10.0 Å². The number of nitrogens with one attached hydrogen (secondary N) is 2. The van der Waals surface area contributed by atoms with Crippen molar-refractivity contribution in [2.45, 2.75) is 17.5 Å². The fourth-order valence-electron chi connectivity index (χ4n) is 3.32. The lowest BCUT2D eigenvalue weighted by Crippen LogP contribution is -2.42. The Balaban J connectivity index is 1.62. The van der Waals surface area contributed by atoms with Crippen LogP contribution in [0.2, 0.25) is 5.02 Å². The molecule has 0 aliphatic heterocycles. The first-order valence-electron chi connectivity index (χ1n) is 10.0. The first kappa shape index (κ1) is 27.0. The first-order valence-corrected chi connectivity index (χ1v) is 14.8. The van der Waals surface area contributed by atoms with Crippen LogP contribution in [0.1, 0.15) is 15.9 Å². The van der Waals surface area contributed by atoms with E-state index in [-0.39, 0.29) is 22.7 Å². The third-order valence-corrected chi connectivity index (χ3v) is 9.30. The van der Waals surface area contributed by atoms with Gasteiger partial charge in [0.1, 0.15) is 6.04 Å². The number of sulfonamides is 1. The minimum atomic E-state index is -4.19. The number of carboxylic acid groups (broad SMARTS) is 1. The highest BCUT2D eigenvalue weighted by Crippen LogP contribution is 2.27. The molecule has 0 spiro atoms. The van der Waals surface area contributed by atoms with Crippen molar-refractivity contribution in [3.63, 3.8) is 0 Å². The van der Waals surface area contributed by atoms with Gasteiger partial charge in [0.2, 0.25) is 0 Å². The third kappa shape index (κ3) is 6.07. The van der Waals surface area contributed by atoms with Gasteiger partial charge in [0.15, 0.2) is 5.03 Å². The van der Waals surface area contributed by atoms with E-state index in [0.29, 0.717) is 24.2 Å². The summed E-state index contributed by atoms with van der Waals surface area (Å²) in [6, 6.07) is 10.0. The lowest BCUT2D eigenvalue weighted by molar-refractivity contribution is -0.139. The zero-order valence-corrected chi connectivity index (χ0v) is 24.6. The normalized spacial score (nSPS) is 12.3. The summed E-state index contributed by atoms with van der Waals surface area (Å²) in [5.41, 5.74) is 0.627. The highest BCUT2D eigenvalue weighted by molar-refractivity contribution is 14.1. The Kier molecular flexibility index (Phi) is 8.33. The number of hydrogen-bond acceptors (Lipinski definition) is 7. The fraction of sp³-hybridized carbons (Fsp3) is 0.0909. The van der Waals surface area contributed by atoms with Crippen molar-refractivity contribution in [3.8, 4) is 0 Å². The van der Waals surface area contributed by atoms with Gasteiger partial charge in [-0.25, -0.2) is 9.78 Å². The number of nitrogens with zero attached hydrogens (tertiary/aromatic N) is 2. The molecular weight excluding hydrogens is 754 g/mol. The van der Waals surface area contributed by atoms with Crippen molar-refractivity contribution in [2.24, 2.45) is 0 Å². The predicted octanol–water partition coefficient (Wildman–Crippen LogP) is 4.78. The second-order valence-corrected chi connectivity index (χ2v) is 12.7. The maximum Gasteiger partial charge on any atom is 0.326 e. The molecule has 2 aromatic heterocycles. The summed E-state index contributed by atoms with van der Waals surface area (Å²) in [4.78, 5) is 29.0. The summed E-state index contributed by atoms with van der Waals surface area (Å²) in [6.45, 7) is 0. The van der Waals surface area contributed by atoms with Crippen LogP contribution in [0.5, 0.6) is 0 Å². The van der Waals surface area contributed by atoms with Gasteiger partial charge in [0.05, 0.1) is 32.6 Å². The highest BCUT2D eigenvalue weighted by atomic mass is 127. The van der Waals surface area contributed by atoms with Crippen molar-refractivity contribution in [2.75, 3.05) is 4.72 Å². The molecule has 0 fully saturated rings. The van der Waals surface area contributed by atoms with Crippen LogP contribution in [-0.4, -0.2) is 40.8 Å². The van der Waals surface area contributed by atoms with Crippen LogP contribution in [0, 0.1) is 7.14 Å². The van der Waals surface area contributed by atoms with E-state index in [2.05, 4.69) is 19.4 Å². The molecule has 4 aromatic rings. The van der Waals surface area contributed by atoms with Crippen LogP contribution in [0.3, 0.4) is 0 Å². The molecule has 2 heterocycles. The number of carbonyl (C=O) groups is 2. The molecule has 4 rings (SSSR count). The van der Waals surface area contributed by atoms with E-state index in [4.69, 9.17) is 11.6 Å². The monoisotopic (exact) mass is 768 g/mol. The van der Waals surface area contributed by atoms with E-state index in [1.54, 1.807) is 30.3 Å². The Bertz CT molecular complexity index is 1600. The van der Waals surface area contributed by atoms with Crippen LogP contribution in [0.25, 0.3) is 10.1 Å². The lowest BCUT2D eigenvalue weighted by Gasteiger charge is -2.17. The molecule has 1 unspecified atom stereocenters. The molecule has 1 amide bonds.